The van der Waals surface area contributed by atoms with E-state index in [1.165, 1.54) is 5.56 Å². The highest BCUT2D eigenvalue weighted by Crippen LogP contribution is 2.33. The number of ether oxygens (including phenoxy) is 3. The van der Waals surface area contributed by atoms with Crippen LogP contribution >= 0.6 is 0 Å². The second kappa shape index (κ2) is 9.54. The topological polar surface area (TPSA) is 47.9 Å². The summed E-state index contributed by atoms with van der Waals surface area (Å²) in [6.45, 7) is 9.25. The Labute approximate surface area is 163 Å². The Morgan fingerprint density at radius 2 is 1.56 bits per heavy atom. The fraction of sp³-hybridized carbons (Fsp3) is 0.478. The summed E-state index contributed by atoms with van der Waals surface area (Å²) in [5, 5.41) is 10.1. The molecule has 0 aromatic heterocycles. The van der Waals surface area contributed by atoms with Crippen molar-refractivity contribution < 1.29 is 19.3 Å². The van der Waals surface area contributed by atoms with Crippen LogP contribution in [0.3, 0.4) is 0 Å². The van der Waals surface area contributed by atoms with Crippen LogP contribution < -0.4 is 14.2 Å². The van der Waals surface area contributed by atoms with Gasteiger partial charge >= 0.3 is 0 Å². The number of benzene rings is 2. The fourth-order valence-electron chi connectivity index (χ4n) is 3.02. The molecular weight excluding hydrogens is 340 g/mol. The van der Waals surface area contributed by atoms with Gasteiger partial charge in [0, 0.05) is 0 Å². The van der Waals surface area contributed by atoms with E-state index in [2.05, 4.69) is 27.7 Å². The number of methoxy groups -OCH3 is 2. The highest BCUT2D eigenvalue weighted by atomic mass is 16.5. The summed E-state index contributed by atoms with van der Waals surface area (Å²) in [6, 6.07) is 11.6. The van der Waals surface area contributed by atoms with Crippen molar-refractivity contribution in [2.24, 2.45) is 11.8 Å². The van der Waals surface area contributed by atoms with E-state index in [9.17, 15) is 5.11 Å². The molecule has 0 aliphatic carbocycles. The molecule has 0 amide bonds. The van der Waals surface area contributed by atoms with Gasteiger partial charge < -0.3 is 19.3 Å². The highest BCUT2D eigenvalue weighted by Gasteiger charge is 2.14. The second-order valence-corrected chi connectivity index (χ2v) is 7.57. The van der Waals surface area contributed by atoms with E-state index in [1.54, 1.807) is 20.3 Å². The van der Waals surface area contributed by atoms with E-state index in [0.29, 0.717) is 24.2 Å². The van der Waals surface area contributed by atoms with Crippen molar-refractivity contribution in [2.45, 2.75) is 40.0 Å². The molecule has 0 aliphatic rings. The number of hydrogen-bond acceptors (Lipinski definition) is 4. The first-order valence-corrected chi connectivity index (χ1v) is 9.52. The molecule has 2 aromatic rings. The maximum atomic E-state index is 10.1. The molecule has 27 heavy (non-hydrogen) atoms. The minimum Gasteiger partial charge on any atom is -0.504 e. The lowest BCUT2D eigenvalue weighted by Gasteiger charge is -2.19. The predicted octanol–water partition coefficient (Wildman–Crippen LogP) is 5.43. The largest absolute Gasteiger partial charge is 0.504 e. The number of hydrogen-bond donors (Lipinski definition) is 1. The Hall–Kier alpha value is -2.36. The molecule has 2 aromatic carbocycles. The maximum absolute atomic E-state index is 10.1. The lowest BCUT2D eigenvalue weighted by molar-refractivity contribution is 0.248. The van der Waals surface area contributed by atoms with Gasteiger partial charge in [0.05, 0.1) is 20.8 Å². The van der Waals surface area contributed by atoms with Gasteiger partial charge in [0.2, 0.25) is 0 Å². The molecule has 4 nitrogen and oxygen atoms in total. The van der Waals surface area contributed by atoms with Crippen LogP contribution in [0, 0.1) is 11.8 Å². The zero-order valence-electron chi connectivity index (χ0n) is 17.3. The molecule has 0 fully saturated rings. The molecular formula is C23H32O4. The molecule has 1 N–H and O–H groups in total. The summed E-state index contributed by atoms with van der Waals surface area (Å²) in [4.78, 5) is 0. The van der Waals surface area contributed by atoms with Crippen molar-refractivity contribution in [3.8, 4) is 23.0 Å². The lowest BCUT2D eigenvalue weighted by Crippen LogP contribution is -2.12. The van der Waals surface area contributed by atoms with Crippen LogP contribution in [0.1, 0.15) is 44.7 Å². The van der Waals surface area contributed by atoms with E-state index in [4.69, 9.17) is 14.2 Å². The van der Waals surface area contributed by atoms with Crippen molar-refractivity contribution in [2.75, 3.05) is 20.8 Å². The molecule has 0 bridgehead atoms. The molecule has 4 heteroatoms. The Balaban J connectivity index is 2.01. The van der Waals surface area contributed by atoms with Crippen LogP contribution in [-0.4, -0.2) is 25.9 Å². The number of phenols is 1. The molecule has 0 aliphatic heterocycles. The average molecular weight is 373 g/mol. The minimum absolute atomic E-state index is 0.188. The van der Waals surface area contributed by atoms with Crippen LogP contribution in [0.2, 0.25) is 0 Å². The summed E-state index contributed by atoms with van der Waals surface area (Å²) in [7, 11) is 3.27. The average Bonchev–Trinajstić information content (AvgIpc) is 2.66. The first kappa shape index (κ1) is 20.9. The van der Waals surface area contributed by atoms with Gasteiger partial charge in [0.25, 0.3) is 0 Å². The maximum Gasteiger partial charge on any atom is 0.161 e. The normalized spacial score (nSPS) is 13.3. The molecule has 0 saturated carbocycles. The molecule has 0 spiro atoms. The molecule has 0 heterocycles. The van der Waals surface area contributed by atoms with E-state index >= 15 is 0 Å². The van der Waals surface area contributed by atoms with Crippen molar-refractivity contribution in [3.05, 3.63) is 47.5 Å². The SMILES string of the molecule is COc1ccc(CC(C)COc2cc(C(C)C(C)C)ccc2O)cc1OC. The molecule has 0 saturated heterocycles. The monoisotopic (exact) mass is 372 g/mol. The smallest absolute Gasteiger partial charge is 0.161 e. The van der Waals surface area contributed by atoms with Crippen LogP contribution in [0.5, 0.6) is 23.0 Å². The summed E-state index contributed by atoms with van der Waals surface area (Å²) in [6.07, 6.45) is 0.850. The summed E-state index contributed by atoms with van der Waals surface area (Å²) in [5.41, 5.74) is 2.35. The number of aromatic hydroxyl groups is 1. The van der Waals surface area contributed by atoms with Crippen molar-refractivity contribution >= 4 is 0 Å². The molecule has 148 valence electrons. The van der Waals surface area contributed by atoms with Crippen molar-refractivity contribution in [1.82, 2.24) is 0 Å². The van der Waals surface area contributed by atoms with Crippen LogP contribution in [0.25, 0.3) is 0 Å². The zero-order valence-corrected chi connectivity index (χ0v) is 17.3. The molecule has 2 atom stereocenters. The van der Waals surface area contributed by atoms with Crippen LogP contribution in [-0.2, 0) is 6.42 Å². The van der Waals surface area contributed by atoms with E-state index < -0.39 is 0 Å². The van der Waals surface area contributed by atoms with Gasteiger partial charge in [-0.3, -0.25) is 0 Å². The Bertz CT molecular complexity index is 739. The third-order valence-electron chi connectivity index (χ3n) is 5.07. The second-order valence-electron chi connectivity index (χ2n) is 7.57. The first-order chi connectivity index (χ1) is 12.8. The Morgan fingerprint density at radius 1 is 0.852 bits per heavy atom. The quantitative estimate of drug-likeness (QED) is 0.638. The van der Waals surface area contributed by atoms with Gasteiger partial charge in [-0.15, -0.1) is 0 Å². The van der Waals surface area contributed by atoms with Crippen LogP contribution in [0.15, 0.2) is 36.4 Å². The Morgan fingerprint density at radius 3 is 2.19 bits per heavy atom. The van der Waals surface area contributed by atoms with E-state index in [1.807, 2.05) is 30.3 Å². The summed E-state index contributed by atoms with van der Waals surface area (Å²) >= 11 is 0. The molecule has 2 rings (SSSR count). The lowest BCUT2D eigenvalue weighted by atomic mass is 9.90. The Kier molecular flexibility index (Phi) is 7.40. The fourth-order valence-corrected chi connectivity index (χ4v) is 3.02. The van der Waals surface area contributed by atoms with Gasteiger partial charge in [0.1, 0.15) is 0 Å². The van der Waals surface area contributed by atoms with Gasteiger partial charge in [-0.25, -0.2) is 0 Å². The van der Waals surface area contributed by atoms with Gasteiger partial charge in [-0.2, -0.15) is 0 Å². The third kappa shape index (κ3) is 5.56. The minimum atomic E-state index is 0.188. The zero-order chi connectivity index (χ0) is 20.0. The predicted molar refractivity (Wildman–Crippen MR) is 109 cm³/mol. The standard InChI is InChI=1S/C23H32O4/c1-15(2)17(4)19-8-9-20(24)22(13-19)27-14-16(3)11-18-7-10-21(25-5)23(12-18)26-6/h7-10,12-13,15-17,24H,11,14H2,1-6H3. The molecule has 0 radical (unpaired) electrons. The van der Waals surface area contributed by atoms with Gasteiger partial charge in [-0.05, 0) is 59.6 Å². The summed E-state index contributed by atoms with van der Waals surface area (Å²) < 4.78 is 16.6. The van der Waals surface area contributed by atoms with Crippen molar-refractivity contribution in [1.29, 1.82) is 0 Å². The molecule has 2 unspecified atom stereocenters. The highest BCUT2D eigenvalue weighted by molar-refractivity contribution is 5.44. The van der Waals surface area contributed by atoms with Gasteiger partial charge in [-0.1, -0.05) is 39.8 Å². The third-order valence-corrected chi connectivity index (χ3v) is 5.07. The van der Waals surface area contributed by atoms with E-state index in [0.717, 1.165) is 23.5 Å². The summed E-state index contributed by atoms with van der Waals surface area (Å²) in [5.74, 6) is 3.44. The van der Waals surface area contributed by atoms with Crippen molar-refractivity contribution in [3.63, 3.8) is 0 Å². The van der Waals surface area contributed by atoms with Crippen LogP contribution in [0.4, 0.5) is 0 Å². The number of phenolic OH excluding ortho intramolecular Hbond substituents is 1. The van der Waals surface area contributed by atoms with E-state index in [-0.39, 0.29) is 11.7 Å². The van der Waals surface area contributed by atoms with Gasteiger partial charge in [0.15, 0.2) is 23.0 Å². The first-order valence-electron chi connectivity index (χ1n) is 9.52. The number of rotatable bonds is 9.